The number of piperidine rings is 1. The van der Waals surface area contributed by atoms with E-state index in [0.717, 1.165) is 37.0 Å². The number of carboxylic acids is 1. The van der Waals surface area contributed by atoms with Crippen molar-refractivity contribution in [3.8, 4) is 5.69 Å². The zero-order valence-corrected chi connectivity index (χ0v) is 19.1. The number of rotatable bonds is 4. The van der Waals surface area contributed by atoms with Gasteiger partial charge >= 0.3 is 32.5 Å². The van der Waals surface area contributed by atoms with Crippen molar-refractivity contribution in [3.63, 3.8) is 0 Å². The number of fused-ring (bicyclic) bond motifs is 1. The number of benzene rings is 2. The molecule has 0 radical (unpaired) electrons. The summed E-state index contributed by atoms with van der Waals surface area (Å²) in [5, 5.41) is 14.3. The van der Waals surface area contributed by atoms with Gasteiger partial charge in [0, 0.05) is 30.4 Å². The third kappa shape index (κ3) is 3.88. The number of hydrogen-bond donors (Lipinski definition) is 2. The fourth-order valence-corrected chi connectivity index (χ4v) is 3.57. The summed E-state index contributed by atoms with van der Waals surface area (Å²) in [6.07, 6.45) is 5.17. The molecule has 2 aromatic carbocycles. The van der Waals surface area contributed by atoms with E-state index >= 15 is 0 Å². The first kappa shape index (κ1) is 20.3. The van der Waals surface area contributed by atoms with Crippen LogP contribution in [0.3, 0.4) is 0 Å². The minimum atomic E-state index is -0.980. The molecule has 0 saturated carbocycles. The summed E-state index contributed by atoms with van der Waals surface area (Å²) in [6.45, 7) is 1.84. The maximum absolute atomic E-state index is 12.0. The first-order chi connectivity index (χ1) is 13.0. The molecule has 2 heterocycles. The Kier molecular flexibility index (Phi) is 6.00. The van der Waals surface area contributed by atoms with Crippen LogP contribution in [-0.2, 0) is 0 Å². The summed E-state index contributed by atoms with van der Waals surface area (Å²) < 4.78 is 1.64. The number of aromatic nitrogens is 2. The van der Waals surface area contributed by atoms with Gasteiger partial charge in [-0.05, 0) is 55.7 Å². The number of aromatic carboxylic acids is 1. The standard InChI is InChI=1S/C20H20N4O3.Po.2H/c21-19(25)16-11-15(5-7-18(16)23-8-2-1-3-9-23)24-12-14-10-13(20(26)27)4-6-17(14)22-24;;;/h4-7,10-12H,1-3,8-9H2,(H2,21,25)(H,26,27);;;. The molecule has 0 atom stereocenters. The molecule has 7 nitrogen and oxygen atoms in total. The second-order valence-electron chi connectivity index (χ2n) is 6.77. The molecule has 8 heteroatoms. The van der Waals surface area contributed by atoms with E-state index in [-0.39, 0.29) is 32.1 Å². The third-order valence-corrected chi connectivity index (χ3v) is 4.96. The van der Waals surface area contributed by atoms with Crippen molar-refractivity contribution in [3.05, 3.63) is 53.7 Å². The Morgan fingerprint density at radius 3 is 2.46 bits per heavy atom. The molecule has 1 saturated heterocycles. The number of nitrogens with two attached hydrogens (primary N) is 1. The Bertz CT molecular complexity index is 1040. The molecule has 0 unspecified atom stereocenters. The molecule has 1 amide bonds. The molecule has 146 valence electrons. The molecule has 3 aromatic rings. The molecule has 0 bridgehead atoms. The van der Waals surface area contributed by atoms with E-state index in [0.29, 0.717) is 16.8 Å². The predicted molar refractivity (Wildman–Crippen MR) is 111 cm³/mol. The summed E-state index contributed by atoms with van der Waals surface area (Å²) in [4.78, 5) is 25.4. The second-order valence-corrected chi connectivity index (χ2v) is 6.77. The van der Waals surface area contributed by atoms with Gasteiger partial charge in [-0.3, -0.25) is 4.79 Å². The van der Waals surface area contributed by atoms with Crippen LogP contribution in [-0.4, -0.2) is 66.4 Å². The summed E-state index contributed by atoms with van der Waals surface area (Å²) >= 11 is 0. The Morgan fingerprint density at radius 2 is 1.79 bits per heavy atom. The van der Waals surface area contributed by atoms with Gasteiger partial charge in [-0.15, -0.1) is 0 Å². The van der Waals surface area contributed by atoms with Crippen molar-refractivity contribution in [2.45, 2.75) is 19.3 Å². The van der Waals surface area contributed by atoms with E-state index in [4.69, 9.17) is 10.8 Å². The zero-order chi connectivity index (χ0) is 19.0. The topological polar surface area (TPSA) is 101 Å². The number of carboxylic acid groups (broad SMARTS) is 1. The second kappa shape index (κ2) is 8.28. The quantitative estimate of drug-likeness (QED) is 0.495. The van der Waals surface area contributed by atoms with Crippen molar-refractivity contribution in [1.82, 2.24) is 9.78 Å². The zero-order valence-electron chi connectivity index (χ0n) is 15.3. The molecule has 0 aliphatic carbocycles. The van der Waals surface area contributed by atoms with Gasteiger partial charge in [-0.2, -0.15) is 5.10 Å². The normalized spacial score (nSPS) is 13.9. The van der Waals surface area contributed by atoms with Crippen molar-refractivity contribution in [2.24, 2.45) is 5.73 Å². The van der Waals surface area contributed by atoms with Crippen LogP contribution in [0.25, 0.3) is 16.6 Å². The Balaban J connectivity index is 0.00000225. The minimum absolute atomic E-state index is 0. The van der Waals surface area contributed by atoms with Crippen LogP contribution in [0.4, 0.5) is 5.69 Å². The van der Waals surface area contributed by atoms with Crippen molar-refractivity contribution < 1.29 is 14.7 Å². The van der Waals surface area contributed by atoms with Crippen LogP contribution in [0.1, 0.15) is 40.0 Å². The molecule has 1 aromatic heterocycles. The molecule has 1 aliphatic heterocycles. The van der Waals surface area contributed by atoms with Gasteiger partial charge in [0.15, 0.2) is 0 Å². The fraction of sp³-hybridized carbons (Fsp3) is 0.250. The van der Waals surface area contributed by atoms with Crippen LogP contribution in [0.5, 0.6) is 0 Å². The molecule has 3 N–H and O–H groups in total. The first-order valence-corrected chi connectivity index (χ1v) is 8.95. The first-order valence-electron chi connectivity index (χ1n) is 8.95. The van der Waals surface area contributed by atoms with Gasteiger partial charge in [0.1, 0.15) is 0 Å². The van der Waals surface area contributed by atoms with Gasteiger partial charge in [-0.1, -0.05) is 0 Å². The number of anilines is 1. The number of hydrogen-bond acceptors (Lipinski definition) is 4. The van der Waals surface area contributed by atoms with Crippen LogP contribution in [0, 0.1) is 0 Å². The van der Waals surface area contributed by atoms with Gasteiger partial charge in [0.05, 0.1) is 22.3 Å². The molecule has 1 aliphatic rings. The SMILES string of the molecule is NC(=O)c1cc(-n2cc3cc(C(=O)O)ccc3n2)ccc1N1CCCCC1.[PoH2]. The van der Waals surface area contributed by atoms with Gasteiger partial charge in [-0.25, -0.2) is 9.48 Å². The third-order valence-electron chi connectivity index (χ3n) is 4.96. The van der Waals surface area contributed by atoms with Crippen LogP contribution >= 0.6 is 0 Å². The average molecular weight is 575 g/mol. The van der Waals surface area contributed by atoms with Gasteiger partial charge in [0.25, 0.3) is 5.91 Å². The van der Waals surface area contributed by atoms with Gasteiger partial charge < -0.3 is 15.7 Å². The number of carbonyl (C=O) groups excluding carboxylic acids is 1. The van der Waals surface area contributed by atoms with E-state index in [9.17, 15) is 9.59 Å². The predicted octanol–water partition coefficient (Wildman–Crippen LogP) is 1.90. The summed E-state index contributed by atoms with van der Waals surface area (Å²) in [6, 6.07) is 10.3. The Morgan fingerprint density at radius 1 is 1.04 bits per heavy atom. The number of primary amides is 1. The van der Waals surface area contributed by atoms with E-state index in [2.05, 4.69) is 10.00 Å². The molecule has 1 fully saturated rings. The average Bonchev–Trinajstić information content (AvgIpc) is 3.11. The van der Waals surface area contributed by atoms with Gasteiger partial charge in [0.2, 0.25) is 0 Å². The van der Waals surface area contributed by atoms with Crippen molar-refractivity contribution in [1.29, 1.82) is 0 Å². The fourth-order valence-electron chi connectivity index (χ4n) is 3.57. The monoisotopic (exact) mass is 575 g/mol. The van der Waals surface area contributed by atoms with Crippen molar-refractivity contribution >= 4 is 55.0 Å². The van der Waals surface area contributed by atoms with Crippen LogP contribution in [0.15, 0.2) is 42.6 Å². The van der Waals surface area contributed by atoms with E-state index in [1.807, 2.05) is 12.1 Å². The number of amides is 1. The summed E-state index contributed by atoms with van der Waals surface area (Å²) in [5.74, 6) is -1.45. The molecule has 0 spiro atoms. The number of nitrogens with zero attached hydrogens (tertiary/aromatic N) is 3. The molecular formula is C20H22N4O3Po. The van der Waals surface area contributed by atoms with E-state index < -0.39 is 11.9 Å². The Labute approximate surface area is 181 Å². The maximum atomic E-state index is 12.0. The molecular weight excluding hydrogens is 553 g/mol. The van der Waals surface area contributed by atoms with Crippen LogP contribution < -0.4 is 10.6 Å². The summed E-state index contributed by atoms with van der Waals surface area (Å²) in [7, 11) is 0. The Hall–Kier alpha value is -2.45. The van der Waals surface area contributed by atoms with E-state index in [1.165, 1.54) is 12.5 Å². The number of carbonyl (C=O) groups is 2. The molecule has 4 rings (SSSR count). The van der Waals surface area contributed by atoms with Crippen LogP contribution in [0.2, 0.25) is 0 Å². The van der Waals surface area contributed by atoms with Crippen molar-refractivity contribution in [2.75, 3.05) is 18.0 Å². The summed E-state index contributed by atoms with van der Waals surface area (Å²) in [5.41, 5.74) is 8.56. The molecule has 28 heavy (non-hydrogen) atoms. The van der Waals surface area contributed by atoms with E-state index in [1.54, 1.807) is 29.1 Å².